The average Bonchev–Trinajstić information content (AvgIpc) is 2.15. The highest BCUT2D eigenvalue weighted by Gasteiger charge is 2.21. The van der Waals surface area contributed by atoms with Crippen LogP contribution in [0.1, 0.15) is 13.8 Å². The van der Waals surface area contributed by atoms with Gasteiger partial charge in [0.1, 0.15) is 6.04 Å². The maximum Gasteiger partial charge on any atom is 0.326 e. The van der Waals surface area contributed by atoms with E-state index in [1.807, 2.05) is 13.8 Å². The molecule has 1 atom stereocenters. The fourth-order valence-electron chi connectivity index (χ4n) is 1.17. The van der Waals surface area contributed by atoms with Gasteiger partial charge in [0.2, 0.25) is 0 Å². The van der Waals surface area contributed by atoms with Gasteiger partial charge < -0.3 is 10.4 Å². The van der Waals surface area contributed by atoms with Crippen molar-refractivity contribution < 1.29 is 9.90 Å². The number of carboxylic acids is 1. The molecule has 0 radical (unpaired) electrons. The van der Waals surface area contributed by atoms with Gasteiger partial charge >= 0.3 is 5.97 Å². The molecule has 0 unspecified atom stereocenters. The third-order valence-corrected chi connectivity index (χ3v) is 2.65. The highest BCUT2D eigenvalue weighted by Crippen LogP contribution is 2.22. The average molecular weight is 273 g/mol. The van der Waals surface area contributed by atoms with E-state index < -0.39 is 12.0 Å². The van der Waals surface area contributed by atoms with Gasteiger partial charge in [0, 0.05) is 12.4 Å². The molecule has 1 aromatic heterocycles. The number of carboxylic acid groups (broad SMARTS) is 1. The number of pyridine rings is 1. The van der Waals surface area contributed by atoms with Crippen LogP contribution in [0.25, 0.3) is 0 Å². The van der Waals surface area contributed by atoms with Crippen molar-refractivity contribution in [3.63, 3.8) is 0 Å². The second-order valence-electron chi connectivity index (χ2n) is 3.56. The van der Waals surface area contributed by atoms with Crippen molar-refractivity contribution in [2.75, 3.05) is 5.32 Å². The summed E-state index contributed by atoms with van der Waals surface area (Å²) in [7, 11) is 0. The molecule has 0 aliphatic rings. The topological polar surface area (TPSA) is 62.2 Å². The van der Waals surface area contributed by atoms with E-state index in [9.17, 15) is 4.79 Å². The van der Waals surface area contributed by atoms with Gasteiger partial charge in [-0.15, -0.1) is 0 Å². The van der Waals surface area contributed by atoms with Gasteiger partial charge in [0.05, 0.1) is 10.2 Å². The van der Waals surface area contributed by atoms with E-state index in [0.717, 1.165) is 10.2 Å². The number of nitrogens with zero attached hydrogens (tertiary/aromatic N) is 1. The molecule has 0 fully saturated rings. The predicted octanol–water partition coefficient (Wildman–Crippen LogP) is 2.37. The zero-order valence-corrected chi connectivity index (χ0v) is 10.2. The number of carbonyl (C=O) groups is 1. The van der Waals surface area contributed by atoms with Crippen LogP contribution in [-0.4, -0.2) is 22.1 Å². The molecule has 15 heavy (non-hydrogen) atoms. The zero-order chi connectivity index (χ0) is 11.4. The van der Waals surface area contributed by atoms with Gasteiger partial charge in [-0.2, -0.15) is 0 Å². The predicted molar refractivity (Wildman–Crippen MR) is 61.8 cm³/mol. The Kier molecular flexibility index (Phi) is 4.08. The first-order valence-electron chi connectivity index (χ1n) is 4.61. The summed E-state index contributed by atoms with van der Waals surface area (Å²) in [5.74, 6) is -0.837. The zero-order valence-electron chi connectivity index (χ0n) is 8.57. The summed E-state index contributed by atoms with van der Waals surface area (Å²) >= 11 is 3.31. The summed E-state index contributed by atoms with van der Waals surface area (Å²) in [5.41, 5.74) is 0.742. The molecule has 2 N–H and O–H groups in total. The Labute approximate surface area is 96.8 Å². The van der Waals surface area contributed by atoms with Crippen LogP contribution in [-0.2, 0) is 4.79 Å². The van der Waals surface area contributed by atoms with Crippen LogP contribution < -0.4 is 5.32 Å². The highest BCUT2D eigenvalue weighted by molar-refractivity contribution is 9.10. The van der Waals surface area contributed by atoms with Gasteiger partial charge in [-0.1, -0.05) is 13.8 Å². The minimum atomic E-state index is -0.853. The number of nitrogens with one attached hydrogen (secondary N) is 1. The van der Waals surface area contributed by atoms with Gasteiger partial charge in [0.15, 0.2) is 0 Å². The monoisotopic (exact) mass is 272 g/mol. The third kappa shape index (κ3) is 3.20. The molecule has 0 amide bonds. The minimum Gasteiger partial charge on any atom is -0.480 e. The van der Waals surface area contributed by atoms with E-state index in [1.165, 1.54) is 0 Å². The molecule has 0 aliphatic carbocycles. The van der Waals surface area contributed by atoms with Crippen LogP contribution >= 0.6 is 15.9 Å². The Balaban J connectivity index is 2.84. The standard InChI is InChI=1S/C10H13BrN2O2/c1-6(2)9(10(14)15)13-8-3-4-12-5-7(8)11/h3-6,9H,1-2H3,(H,12,13)(H,14,15)/t9-/m0/s1. The first-order chi connectivity index (χ1) is 7.02. The number of aliphatic carboxylic acids is 1. The highest BCUT2D eigenvalue weighted by atomic mass is 79.9. The SMILES string of the molecule is CC(C)[C@H](Nc1ccncc1Br)C(=O)O. The van der Waals surface area contributed by atoms with Gasteiger partial charge in [0.25, 0.3) is 0 Å². The van der Waals surface area contributed by atoms with Crippen molar-refractivity contribution in [1.29, 1.82) is 0 Å². The van der Waals surface area contributed by atoms with Crippen molar-refractivity contribution in [2.24, 2.45) is 5.92 Å². The van der Waals surface area contributed by atoms with Crippen molar-refractivity contribution in [3.05, 3.63) is 22.9 Å². The molecule has 1 heterocycles. The van der Waals surface area contributed by atoms with Crippen molar-refractivity contribution >= 4 is 27.6 Å². The molecule has 1 rings (SSSR count). The molecule has 0 saturated heterocycles. The lowest BCUT2D eigenvalue weighted by molar-refractivity contribution is -0.138. The van der Waals surface area contributed by atoms with Gasteiger partial charge in [-0.05, 0) is 27.9 Å². The molecule has 0 saturated carbocycles. The maximum atomic E-state index is 11.0. The van der Waals surface area contributed by atoms with Crippen LogP contribution in [0.3, 0.4) is 0 Å². The van der Waals surface area contributed by atoms with E-state index in [-0.39, 0.29) is 5.92 Å². The molecular weight excluding hydrogens is 260 g/mol. The summed E-state index contributed by atoms with van der Waals surface area (Å²) in [6.45, 7) is 3.72. The smallest absolute Gasteiger partial charge is 0.326 e. The molecular formula is C10H13BrN2O2. The summed E-state index contributed by atoms with van der Waals surface area (Å²) in [5, 5.41) is 12.0. The number of hydrogen-bond acceptors (Lipinski definition) is 3. The first-order valence-corrected chi connectivity index (χ1v) is 5.40. The Morgan fingerprint density at radius 1 is 1.60 bits per heavy atom. The van der Waals surface area contributed by atoms with Crippen molar-refractivity contribution in [2.45, 2.75) is 19.9 Å². The second-order valence-corrected chi connectivity index (χ2v) is 4.41. The maximum absolute atomic E-state index is 11.0. The largest absolute Gasteiger partial charge is 0.480 e. The summed E-state index contributed by atoms with van der Waals surface area (Å²) in [6, 6.07) is 1.14. The van der Waals surface area contributed by atoms with Crippen molar-refractivity contribution in [3.8, 4) is 0 Å². The van der Waals surface area contributed by atoms with Gasteiger partial charge in [-0.25, -0.2) is 4.79 Å². The van der Waals surface area contributed by atoms with E-state index in [1.54, 1.807) is 18.5 Å². The molecule has 0 aromatic carbocycles. The minimum absolute atomic E-state index is 0.0163. The fourth-order valence-corrected chi connectivity index (χ4v) is 1.54. The number of anilines is 1. The number of rotatable bonds is 4. The quantitative estimate of drug-likeness (QED) is 0.884. The Hall–Kier alpha value is -1.10. The molecule has 82 valence electrons. The molecule has 0 aliphatic heterocycles. The lowest BCUT2D eigenvalue weighted by Gasteiger charge is -2.19. The van der Waals surface area contributed by atoms with E-state index in [4.69, 9.17) is 5.11 Å². The molecule has 0 spiro atoms. The molecule has 1 aromatic rings. The molecule has 4 nitrogen and oxygen atoms in total. The van der Waals surface area contributed by atoms with Crippen molar-refractivity contribution in [1.82, 2.24) is 4.98 Å². The van der Waals surface area contributed by atoms with Crippen LogP contribution in [0, 0.1) is 5.92 Å². The molecule has 0 bridgehead atoms. The lowest BCUT2D eigenvalue weighted by Crippen LogP contribution is -2.34. The Bertz CT molecular complexity index is 355. The normalized spacial score (nSPS) is 12.5. The Morgan fingerprint density at radius 2 is 2.27 bits per heavy atom. The molecule has 5 heteroatoms. The summed E-state index contributed by atoms with van der Waals surface area (Å²) in [6.07, 6.45) is 3.24. The lowest BCUT2D eigenvalue weighted by atomic mass is 10.0. The number of halogens is 1. The van der Waals surface area contributed by atoms with E-state index >= 15 is 0 Å². The third-order valence-electron chi connectivity index (χ3n) is 2.02. The number of hydrogen-bond donors (Lipinski definition) is 2. The van der Waals surface area contributed by atoms with Crippen LogP contribution in [0.5, 0.6) is 0 Å². The summed E-state index contributed by atoms with van der Waals surface area (Å²) < 4.78 is 0.761. The second kappa shape index (κ2) is 5.11. The van der Waals surface area contributed by atoms with Crippen LogP contribution in [0.2, 0.25) is 0 Å². The van der Waals surface area contributed by atoms with Gasteiger partial charge in [-0.3, -0.25) is 4.98 Å². The van der Waals surface area contributed by atoms with Crippen LogP contribution in [0.4, 0.5) is 5.69 Å². The first kappa shape index (κ1) is 12.0. The van der Waals surface area contributed by atoms with E-state index in [0.29, 0.717) is 0 Å². The Morgan fingerprint density at radius 3 is 2.73 bits per heavy atom. The van der Waals surface area contributed by atoms with Crippen LogP contribution in [0.15, 0.2) is 22.9 Å². The summed E-state index contributed by atoms with van der Waals surface area (Å²) in [4.78, 5) is 14.9. The fraction of sp³-hybridized carbons (Fsp3) is 0.400. The van der Waals surface area contributed by atoms with E-state index in [2.05, 4.69) is 26.2 Å². The number of aromatic nitrogens is 1.